The molecular formula is C12H9F5O4. The van der Waals surface area contributed by atoms with Crippen LogP contribution in [0.1, 0.15) is 17.3 Å². The number of carbonyl (C=O) groups is 2. The second kappa shape index (κ2) is 5.66. The van der Waals surface area contributed by atoms with Gasteiger partial charge in [0.1, 0.15) is 17.1 Å². The van der Waals surface area contributed by atoms with Gasteiger partial charge in [0.05, 0.1) is 7.11 Å². The minimum absolute atomic E-state index is 0.122. The first-order valence-corrected chi connectivity index (χ1v) is 5.37. The Balaban J connectivity index is 3.21. The van der Waals surface area contributed by atoms with Gasteiger partial charge in [0.15, 0.2) is 5.78 Å². The predicted molar refractivity (Wildman–Crippen MR) is 59.6 cm³/mol. The molecule has 0 spiro atoms. The van der Waals surface area contributed by atoms with Gasteiger partial charge in [-0.25, -0.2) is 4.79 Å². The van der Waals surface area contributed by atoms with Crippen molar-refractivity contribution in [2.24, 2.45) is 0 Å². The van der Waals surface area contributed by atoms with Crippen LogP contribution in [0.15, 0.2) is 18.2 Å². The van der Waals surface area contributed by atoms with Gasteiger partial charge >= 0.3 is 18.1 Å². The van der Waals surface area contributed by atoms with E-state index >= 15 is 0 Å². The molecule has 4 nitrogen and oxygen atoms in total. The van der Waals surface area contributed by atoms with Crippen molar-refractivity contribution in [2.75, 3.05) is 7.11 Å². The molecule has 0 fully saturated rings. The van der Waals surface area contributed by atoms with Crippen molar-refractivity contribution in [3.05, 3.63) is 23.8 Å². The molecule has 0 N–H and O–H groups in total. The molecule has 1 aromatic rings. The normalized spacial score (nSPS) is 12.0. The number of Topliss-reactive ketones (excluding diaryl/α,β-unsaturated/α-hetero) is 1. The van der Waals surface area contributed by atoms with Crippen LogP contribution >= 0.6 is 0 Å². The van der Waals surface area contributed by atoms with Gasteiger partial charge < -0.3 is 9.47 Å². The first-order chi connectivity index (χ1) is 9.52. The van der Waals surface area contributed by atoms with Gasteiger partial charge in [-0.3, -0.25) is 4.79 Å². The van der Waals surface area contributed by atoms with E-state index in [0.717, 1.165) is 20.1 Å². The average Bonchev–Trinajstić information content (AvgIpc) is 2.36. The van der Waals surface area contributed by atoms with E-state index in [4.69, 9.17) is 4.74 Å². The van der Waals surface area contributed by atoms with Crippen LogP contribution in [0.5, 0.6) is 11.5 Å². The summed E-state index contributed by atoms with van der Waals surface area (Å²) in [6.07, 6.45) is -6.10. The number of alkyl halides is 5. The van der Waals surface area contributed by atoms with E-state index in [1.807, 2.05) is 0 Å². The fourth-order valence-corrected chi connectivity index (χ4v) is 1.39. The molecule has 0 aromatic heterocycles. The van der Waals surface area contributed by atoms with Crippen LogP contribution in [0.2, 0.25) is 0 Å². The van der Waals surface area contributed by atoms with Gasteiger partial charge in [-0.1, -0.05) is 6.07 Å². The fourth-order valence-electron chi connectivity index (χ4n) is 1.39. The van der Waals surface area contributed by atoms with Crippen LogP contribution in [-0.2, 0) is 4.79 Å². The highest BCUT2D eigenvalue weighted by molar-refractivity contribution is 6.00. The van der Waals surface area contributed by atoms with Gasteiger partial charge in [-0.2, -0.15) is 22.0 Å². The minimum Gasteiger partial charge on any atom is -0.496 e. The number of hydrogen-bond acceptors (Lipinski definition) is 4. The lowest BCUT2D eigenvalue weighted by Crippen LogP contribution is -2.46. The molecule has 0 amide bonds. The van der Waals surface area contributed by atoms with E-state index in [0.29, 0.717) is 0 Å². The van der Waals surface area contributed by atoms with Crippen molar-refractivity contribution < 1.29 is 41.0 Å². The third-order valence-corrected chi connectivity index (χ3v) is 2.38. The second-order valence-corrected chi connectivity index (χ2v) is 3.85. The number of rotatable bonds is 4. The highest BCUT2D eigenvalue weighted by atomic mass is 19.4. The van der Waals surface area contributed by atoms with Crippen molar-refractivity contribution in [2.45, 2.75) is 19.0 Å². The third kappa shape index (κ3) is 3.29. The van der Waals surface area contributed by atoms with E-state index < -0.39 is 35.2 Å². The number of benzene rings is 1. The van der Waals surface area contributed by atoms with Crippen LogP contribution in [-0.4, -0.2) is 31.0 Å². The molecule has 0 unspecified atom stereocenters. The second-order valence-electron chi connectivity index (χ2n) is 3.85. The Labute approximate surface area is 115 Å². The van der Waals surface area contributed by atoms with Crippen molar-refractivity contribution >= 4 is 11.8 Å². The van der Waals surface area contributed by atoms with E-state index in [1.165, 1.54) is 12.1 Å². The maximum absolute atomic E-state index is 12.8. The minimum atomic E-state index is -6.10. The summed E-state index contributed by atoms with van der Waals surface area (Å²) in [6, 6.07) is 3.33. The molecule has 0 bridgehead atoms. The molecular weight excluding hydrogens is 303 g/mol. The quantitative estimate of drug-likeness (QED) is 0.371. The zero-order chi connectivity index (χ0) is 16.4. The molecule has 116 valence electrons. The number of ketones is 1. The van der Waals surface area contributed by atoms with Crippen molar-refractivity contribution in [1.82, 2.24) is 0 Å². The molecule has 0 aliphatic heterocycles. The number of esters is 1. The average molecular weight is 312 g/mol. The van der Waals surface area contributed by atoms with Crippen molar-refractivity contribution in [1.29, 1.82) is 0 Å². The van der Waals surface area contributed by atoms with Gasteiger partial charge in [0, 0.05) is 0 Å². The summed E-state index contributed by atoms with van der Waals surface area (Å²) in [5.41, 5.74) is -0.411. The molecule has 1 aromatic carbocycles. The van der Waals surface area contributed by atoms with Crippen LogP contribution in [0.25, 0.3) is 0 Å². The summed E-state index contributed by atoms with van der Waals surface area (Å²) in [5, 5.41) is 0. The maximum atomic E-state index is 12.8. The molecule has 0 radical (unpaired) electrons. The highest BCUT2D eigenvalue weighted by Crippen LogP contribution is 2.38. The smallest absolute Gasteiger partial charge is 0.465 e. The van der Waals surface area contributed by atoms with Crippen LogP contribution in [0.3, 0.4) is 0 Å². The SMILES string of the molecule is COc1cccc(OC(=O)C(F)(F)C(F)(F)F)c1C(C)=O. The first-order valence-electron chi connectivity index (χ1n) is 5.37. The zero-order valence-corrected chi connectivity index (χ0v) is 10.8. The molecule has 0 heterocycles. The van der Waals surface area contributed by atoms with E-state index in [1.54, 1.807) is 0 Å². The zero-order valence-electron chi connectivity index (χ0n) is 10.8. The Morgan fingerprint density at radius 1 is 1.05 bits per heavy atom. The maximum Gasteiger partial charge on any atom is 0.465 e. The summed E-state index contributed by atoms with van der Waals surface area (Å²) in [6.45, 7) is 1.01. The van der Waals surface area contributed by atoms with Gasteiger partial charge in [-0.15, -0.1) is 0 Å². The lowest BCUT2D eigenvalue weighted by Gasteiger charge is -2.18. The number of hydrogen-bond donors (Lipinski definition) is 0. The standard InChI is InChI=1S/C12H9F5O4/c1-6(18)9-7(20-2)4-3-5-8(9)21-10(19)11(13,14)12(15,16)17/h3-5H,1-2H3. The van der Waals surface area contributed by atoms with Gasteiger partial charge in [0.25, 0.3) is 0 Å². The Kier molecular flexibility index (Phi) is 4.55. The van der Waals surface area contributed by atoms with Gasteiger partial charge in [0.2, 0.25) is 0 Å². The fraction of sp³-hybridized carbons (Fsp3) is 0.333. The molecule has 1 rings (SSSR count). The van der Waals surface area contributed by atoms with Crippen molar-refractivity contribution in [3.63, 3.8) is 0 Å². The van der Waals surface area contributed by atoms with Gasteiger partial charge in [-0.05, 0) is 19.1 Å². The molecule has 0 aliphatic carbocycles. The first kappa shape index (κ1) is 16.9. The number of ether oxygens (including phenoxy) is 2. The lowest BCUT2D eigenvalue weighted by molar-refractivity contribution is -0.276. The molecule has 9 heteroatoms. The van der Waals surface area contributed by atoms with Crippen LogP contribution in [0, 0.1) is 0 Å². The summed E-state index contributed by atoms with van der Waals surface area (Å²) in [5.74, 6) is -10.1. The van der Waals surface area contributed by atoms with E-state index in [-0.39, 0.29) is 5.75 Å². The van der Waals surface area contributed by atoms with Crippen LogP contribution in [0.4, 0.5) is 22.0 Å². The molecule has 0 saturated carbocycles. The molecule has 0 saturated heterocycles. The topological polar surface area (TPSA) is 52.6 Å². The van der Waals surface area contributed by atoms with E-state index in [2.05, 4.69) is 4.74 Å². The highest BCUT2D eigenvalue weighted by Gasteiger charge is 2.65. The number of methoxy groups -OCH3 is 1. The monoisotopic (exact) mass is 312 g/mol. The lowest BCUT2D eigenvalue weighted by atomic mass is 10.1. The predicted octanol–water partition coefficient (Wildman–Crippen LogP) is 3.00. The third-order valence-electron chi connectivity index (χ3n) is 2.38. The molecule has 0 aliphatic rings. The van der Waals surface area contributed by atoms with Crippen molar-refractivity contribution in [3.8, 4) is 11.5 Å². The summed E-state index contributed by atoms with van der Waals surface area (Å²) < 4.78 is 70.6. The molecule has 21 heavy (non-hydrogen) atoms. The Bertz CT molecular complexity index is 565. The Hall–Kier alpha value is -2.19. The summed E-state index contributed by atoms with van der Waals surface area (Å²) in [7, 11) is 1.15. The molecule has 0 atom stereocenters. The van der Waals surface area contributed by atoms with E-state index in [9.17, 15) is 31.5 Å². The Morgan fingerprint density at radius 2 is 1.57 bits per heavy atom. The number of halogens is 5. The summed E-state index contributed by atoms with van der Waals surface area (Å²) in [4.78, 5) is 22.4. The number of carbonyl (C=O) groups excluding carboxylic acids is 2. The van der Waals surface area contributed by atoms with Crippen LogP contribution < -0.4 is 9.47 Å². The largest absolute Gasteiger partial charge is 0.496 e. The Morgan fingerprint density at radius 3 is 2.00 bits per heavy atom. The summed E-state index contributed by atoms with van der Waals surface area (Å²) >= 11 is 0.